The quantitative estimate of drug-likeness (QED) is 0.846. The van der Waals surface area contributed by atoms with Crippen molar-refractivity contribution in [3.05, 3.63) is 28.8 Å². The van der Waals surface area contributed by atoms with Gasteiger partial charge < -0.3 is 14.7 Å². The van der Waals surface area contributed by atoms with Crippen LogP contribution in [0.3, 0.4) is 0 Å². The second kappa shape index (κ2) is 5.32. The number of likely N-dealkylation sites (N-methyl/N-ethyl adjacent to an activating group) is 1. The molecule has 0 saturated heterocycles. The molecular weight excluding hydrogens is 202 g/mol. The highest BCUT2D eigenvalue weighted by atomic mass is 16.5. The van der Waals surface area contributed by atoms with Crippen LogP contribution in [0.4, 0.5) is 0 Å². The lowest BCUT2D eigenvalue weighted by atomic mass is 9.97. The van der Waals surface area contributed by atoms with Crippen molar-refractivity contribution in [1.29, 1.82) is 0 Å². The van der Waals surface area contributed by atoms with E-state index in [0.29, 0.717) is 0 Å². The van der Waals surface area contributed by atoms with Crippen LogP contribution in [-0.2, 0) is 0 Å². The monoisotopic (exact) mass is 223 g/mol. The summed E-state index contributed by atoms with van der Waals surface area (Å²) in [4.78, 5) is 2.00. The van der Waals surface area contributed by atoms with Crippen LogP contribution in [0.2, 0.25) is 0 Å². The Morgan fingerprint density at radius 3 is 2.38 bits per heavy atom. The molecule has 1 unspecified atom stereocenters. The van der Waals surface area contributed by atoms with Crippen LogP contribution in [0, 0.1) is 13.8 Å². The van der Waals surface area contributed by atoms with Gasteiger partial charge in [0, 0.05) is 5.56 Å². The van der Waals surface area contributed by atoms with Gasteiger partial charge in [-0.05, 0) is 45.1 Å². The lowest BCUT2D eigenvalue weighted by molar-refractivity contribution is 0.167. The minimum absolute atomic E-state index is 0.0180. The van der Waals surface area contributed by atoms with Crippen molar-refractivity contribution < 1.29 is 9.84 Å². The smallest absolute Gasteiger partial charge is 0.124 e. The van der Waals surface area contributed by atoms with E-state index in [9.17, 15) is 5.11 Å². The van der Waals surface area contributed by atoms with Crippen LogP contribution in [0.1, 0.15) is 22.7 Å². The Labute approximate surface area is 97.7 Å². The molecule has 0 aliphatic carbocycles. The fraction of sp³-hybridized carbons (Fsp3) is 0.538. The van der Waals surface area contributed by atoms with Gasteiger partial charge in [0.1, 0.15) is 5.75 Å². The van der Waals surface area contributed by atoms with Crippen molar-refractivity contribution >= 4 is 0 Å². The number of aliphatic hydroxyl groups excluding tert-OH is 1. The molecule has 0 heterocycles. The third kappa shape index (κ3) is 2.54. The summed E-state index contributed by atoms with van der Waals surface area (Å²) >= 11 is 0. The molecule has 0 fully saturated rings. The first-order valence-corrected chi connectivity index (χ1v) is 5.43. The van der Waals surface area contributed by atoms with E-state index in [-0.39, 0.29) is 12.6 Å². The highest BCUT2D eigenvalue weighted by Gasteiger charge is 2.20. The van der Waals surface area contributed by atoms with Gasteiger partial charge in [-0.3, -0.25) is 0 Å². The zero-order valence-electron chi connectivity index (χ0n) is 10.7. The molecule has 0 spiro atoms. The minimum atomic E-state index is -0.0180. The van der Waals surface area contributed by atoms with Crippen LogP contribution in [0.25, 0.3) is 0 Å². The summed E-state index contributed by atoms with van der Waals surface area (Å²) in [6.45, 7) is 4.19. The van der Waals surface area contributed by atoms with Crippen molar-refractivity contribution in [3.8, 4) is 5.75 Å². The Kier molecular flexibility index (Phi) is 4.33. The summed E-state index contributed by atoms with van der Waals surface area (Å²) in [5.74, 6) is 0.852. The normalized spacial score (nSPS) is 12.9. The van der Waals surface area contributed by atoms with Gasteiger partial charge in [-0.15, -0.1) is 0 Å². The molecular formula is C13H21NO2. The molecule has 1 N–H and O–H groups in total. The summed E-state index contributed by atoms with van der Waals surface area (Å²) < 4.78 is 5.40. The van der Waals surface area contributed by atoms with Gasteiger partial charge in [-0.25, -0.2) is 0 Å². The predicted octanol–water partition coefficient (Wildman–Crippen LogP) is 1.91. The molecule has 1 atom stereocenters. The van der Waals surface area contributed by atoms with E-state index in [1.165, 1.54) is 5.56 Å². The minimum Gasteiger partial charge on any atom is -0.496 e. The van der Waals surface area contributed by atoms with Gasteiger partial charge in [-0.2, -0.15) is 0 Å². The molecule has 0 amide bonds. The van der Waals surface area contributed by atoms with E-state index in [4.69, 9.17) is 4.74 Å². The van der Waals surface area contributed by atoms with E-state index in [0.717, 1.165) is 16.9 Å². The van der Waals surface area contributed by atoms with Crippen molar-refractivity contribution in [2.24, 2.45) is 0 Å². The molecule has 0 radical (unpaired) electrons. The second-order valence-electron chi connectivity index (χ2n) is 4.36. The Hall–Kier alpha value is -1.06. The fourth-order valence-electron chi connectivity index (χ4n) is 2.05. The summed E-state index contributed by atoms with van der Waals surface area (Å²) in [7, 11) is 5.58. The van der Waals surface area contributed by atoms with Crippen LogP contribution in [-0.4, -0.2) is 37.8 Å². The third-order valence-corrected chi connectivity index (χ3v) is 2.84. The number of methoxy groups -OCH3 is 1. The van der Waals surface area contributed by atoms with Crippen molar-refractivity contribution in [1.82, 2.24) is 4.90 Å². The molecule has 3 heteroatoms. The number of ether oxygens (including phenoxy) is 1. The molecule has 0 aromatic heterocycles. The first-order valence-electron chi connectivity index (χ1n) is 5.43. The molecule has 1 aromatic carbocycles. The average Bonchev–Trinajstić information content (AvgIpc) is 2.21. The summed E-state index contributed by atoms with van der Waals surface area (Å²) in [5.41, 5.74) is 3.40. The van der Waals surface area contributed by atoms with E-state index in [2.05, 4.69) is 13.0 Å². The Morgan fingerprint density at radius 2 is 1.94 bits per heavy atom. The molecule has 0 aliphatic heterocycles. The maximum Gasteiger partial charge on any atom is 0.124 e. The Bertz CT molecular complexity index is 361. The molecule has 3 nitrogen and oxygen atoms in total. The zero-order valence-corrected chi connectivity index (χ0v) is 10.7. The molecule has 90 valence electrons. The highest BCUT2D eigenvalue weighted by molar-refractivity contribution is 5.45. The highest BCUT2D eigenvalue weighted by Crippen LogP contribution is 2.32. The van der Waals surface area contributed by atoms with Gasteiger partial charge >= 0.3 is 0 Å². The Balaban J connectivity index is 3.29. The van der Waals surface area contributed by atoms with E-state index in [1.807, 2.05) is 32.0 Å². The van der Waals surface area contributed by atoms with Crippen LogP contribution in [0.5, 0.6) is 5.75 Å². The average molecular weight is 223 g/mol. The van der Waals surface area contributed by atoms with Crippen LogP contribution < -0.4 is 4.74 Å². The SMILES string of the molecule is COc1cc(C)cc(C)c1C(CO)N(C)C. The largest absolute Gasteiger partial charge is 0.496 e. The Morgan fingerprint density at radius 1 is 1.31 bits per heavy atom. The van der Waals surface area contributed by atoms with Gasteiger partial charge in [0.15, 0.2) is 0 Å². The van der Waals surface area contributed by atoms with Crippen LogP contribution in [0.15, 0.2) is 12.1 Å². The number of hydrogen-bond acceptors (Lipinski definition) is 3. The molecule has 16 heavy (non-hydrogen) atoms. The van der Waals surface area contributed by atoms with Crippen molar-refractivity contribution in [2.45, 2.75) is 19.9 Å². The summed E-state index contributed by atoms with van der Waals surface area (Å²) in [6.07, 6.45) is 0. The lowest BCUT2D eigenvalue weighted by Gasteiger charge is -2.26. The van der Waals surface area contributed by atoms with Gasteiger partial charge in [0.25, 0.3) is 0 Å². The molecule has 1 aromatic rings. The molecule has 0 aliphatic rings. The maximum atomic E-state index is 9.47. The number of benzene rings is 1. The maximum absolute atomic E-state index is 9.47. The first-order chi connectivity index (χ1) is 7.51. The topological polar surface area (TPSA) is 32.7 Å². The molecule has 0 saturated carbocycles. The lowest BCUT2D eigenvalue weighted by Crippen LogP contribution is -2.24. The number of hydrogen-bond donors (Lipinski definition) is 1. The number of aryl methyl sites for hydroxylation is 2. The molecule has 0 bridgehead atoms. The van der Waals surface area contributed by atoms with Crippen molar-refractivity contribution in [3.63, 3.8) is 0 Å². The summed E-state index contributed by atoms with van der Waals surface area (Å²) in [6, 6.07) is 4.11. The number of aliphatic hydroxyl groups is 1. The fourth-order valence-corrected chi connectivity index (χ4v) is 2.05. The van der Waals surface area contributed by atoms with Crippen LogP contribution >= 0.6 is 0 Å². The van der Waals surface area contributed by atoms with Gasteiger partial charge in [0.2, 0.25) is 0 Å². The standard InChI is InChI=1S/C13H21NO2/c1-9-6-10(2)13(12(7-9)16-5)11(8-15)14(3)4/h6-7,11,15H,8H2,1-5H3. The van der Waals surface area contributed by atoms with E-state index >= 15 is 0 Å². The van der Waals surface area contributed by atoms with Crippen molar-refractivity contribution in [2.75, 3.05) is 27.8 Å². The van der Waals surface area contributed by atoms with Gasteiger partial charge in [-0.1, -0.05) is 6.07 Å². The van der Waals surface area contributed by atoms with E-state index in [1.54, 1.807) is 7.11 Å². The summed E-state index contributed by atoms with van der Waals surface area (Å²) in [5, 5.41) is 9.47. The van der Waals surface area contributed by atoms with Gasteiger partial charge in [0.05, 0.1) is 19.8 Å². The van der Waals surface area contributed by atoms with E-state index < -0.39 is 0 Å². The third-order valence-electron chi connectivity index (χ3n) is 2.84. The molecule has 1 rings (SSSR count). The number of rotatable bonds is 4. The second-order valence-corrected chi connectivity index (χ2v) is 4.36. The first kappa shape index (κ1) is 13.0. The number of nitrogens with zero attached hydrogens (tertiary/aromatic N) is 1. The zero-order chi connectivity index (χ0) is 12.3. The predicted molar refractivity (Wildman–Crippen MR) is 66.0 cm³/mol.